The molecule has 5 heteroatoms. The van der Waals surface area contributed by atoms with Crippen molar-refractivity contribution in [3.63, 3.8) is 0 Å². The van der Waals surface area contributed by atoms with Gasteiger partial charge >= 0.3 is 0 Å². The van der Waals surface area contributed by atoms with Gasteiger partial charge in [0.15, 0.2) is 0 Å². The van der Waals surface area contributed by atoms with Gasteiger partial charge in [0.25, 0.3) is 0 Å². The second-order valence-electron chi connectivity index (χ2n) is 4.16. The van der Waals surface area contributed by atoms with E-state index < -0.39 is 9.84 Å². The molecule has 0 saturated carbocycles. The van der Waals surface area contributed by atoms with Crippen LogP contribution in [0.25, 0.3) is 0 Å². The Labute approximate surface area is 92.0 Å². The molecule has 15 heavy (non-hydrogen) atoms. The van der Waals surface area contributed by atoms with Crippen LogP contribution in [0, 0.1) is 0 Å². The number of aliphatic hydroxyl groups is 1. The highest BCUT2D eigenvalue weighted by atomic mass is 32.2. The zero-order valence-corrected chi connectivity index (χ0v) is 9.93. The van der Waals surface area contributed by atoms with E-state index in [1.54, 1.807) is 0 Å². The predicted octanol–water partition coefficient (Wildman–Crippen LogP) is 0.316. The molecule has 1 heterocycles. The first-order valence-electron chi connectivity index (χ1n) is 5.69. The van der Waals surface area contributed by atoms with E-state index in [0.717, 1.165) is 38.6 Å². The molecule has 0 radical (unpaired) electrons. The lowest BCUT2D eigenvalue weighted by molar-refractivity contribution is 0.282. The van der Waals surface area contributed by atoms with Crippen LogP contribution >= 0.6 is 0 Å². The first-order valence-corrected chi connectivity index (χ1v) is 7.51. The average Bonchev–Trinajstić information content (AvgIpc) is 2.20. The number of aliphatic hydroxyl groups excluding tert-OH is 1. The zero-order chi connectivity index (χ0) is 11.1. The SMILES string of the molecule is O=S1(=O)CCC(NCCCCCO)CC1. The van der Waals surface area contributed by atoms with Crippen molar-refractivity contribution in [2.45, 2.75) is 38.1 Å². The number of unbranched alkanes of at least 4 members (excludes halogenated alkanes) is 2. The maximum atomic E-state index is 11.2. The molecule has 0 unspecified atom stereocenters. The molecular weight excluding hydrogens is 214 g/mol. The van der Waals surface area contributed by atoms with Gasteiger partial charge in [0.1, 0.15) is 9.84 Å². The van der Waals surface area contributed by atoms with Crippen LogP contribution in [0.1, 0.15) is 32.1 Å². The highest BCUT2D eigenvalue weighted by molar-refractivity contribution is 7.91. The van der Waals surface area contributed by atoms with E-state index in [4.69, 9.17) is 5.11 Å². The molecule has 1 aliphatic rings. The number of sulfone groups is 1. The van der Waals surface area contributed by atoms with Crippen molar-refractivity contribution in [2.75, 3.05) is 24.7 Å². The molecule has 0 amide bonds. The standard InChI is InChI=1S/C10H21NO3S/c12-7-3-1-2-6-11-10-4-8-15(13,14)9-5-10/h10-12H,1-9H2. The Bertz CT molecular complexity index is 250. The third-order valence-electron chi connectivity index (χ3n) is 2.82. The summed E-state index contributed by atoms with van der Waals surface area (Å²) in [5, 5.41) is 12.0. The maximum Gasteiger partial charge on any atom is 0.150 e. The van der Waals surface area contributed by atoms with Crippen LogP contribution in [-0.4, -0.2) is 44.2 Å². The molecule has 4 nitrogen and oxygen atoms in total. The molecular formula is C10H21NO3S. The fourth-order valence-corrected chi connectivity index (χ4v) is 3.31. The molecule has 0 aromatic carbocycles. The van der Waals surface area contributed by atoms with Crippen LogP contribution in [-0.2, 0) is 9.84 Å². The molecule has 0 atom stereocenters. The van der Waals surface area contributed by atoms with E-state index in [0.29, 0.717) is 17.5 Å². The summed E-state index contributed by atoms with van der Waals surface area (Å²) in [5.41, 5.74) is 0. The molecule has 1 rings (SSSR count). The summed E-state index contributed by atoms with van der Waals surface area (Å²) in [7, 11) is -2.73. The Morgan fingerprint density at radius 2 is 1.80 bits per heavy atom. The van der Waals surface area contributed by atoms with Gasteiger partial charge in [0.2, 0.25) is 0 Å². The van der Waals surface area contributed by atoms with Crippen molar-refractivity contribution >= 4 is 9.84 Å². The molecule has 0 spiro atoms. The fourth-order valence-electron chi connectivity index (χ4n) is 1.81. The van der Waals surface area contributed by atoms with Crippen LogP contribution in [0.3, 0.4) is 0 Å². The third kappa shape index (κ3) is 5.49. The molecule has 0 aliphatic carbocycles. The van der Waals surface area contributed by atoms with Gasteiger partial charge in [-0.2, -0.15) is 0 Å². The van der Waals surface area contributed by atoms with E-state index in [1.165, 1.54) is 0 Å². The summed E-state index contributed by atoms with van der Waals surface area (Å²) in [4.78, 5) is 0. The van der Waals surface area contributed by atoms with Gasteiger partial charge in [-0.05, 0) is 38.6 Å². The van der Waals surface area contributed by atoms with E-state index in [9.17, 15) is 8.42 Å². The van der Waals surface area contributed by atoms with Crippen molar-refractivity contribution in [1.82, 2.24) is 5.32 Å². The Hall–Kier alpha value is -0.130. The van der Waals surface area contributed by atoms with Crippen LogP contribution in [0.5, 0.6) is 0 Å². The van der Waals surface area contributed by atoms with Crippen LogP contribution in [0.15, 0.2) is 0 Å². The van der Waals surface area contributed by atoms with Crippen molar-refractivity contribution in [2.24, 2.45) is 0 Å². The van der Waals surface area contributed by atoms with Crippen molar-refractivity contribution < 1.29 is 13.5 Å². The molecule has 2 N–H and O–H groups in total. The normalized spacial score (nSPS) is 21.7. The Morgan fingerprint density at radius 3 is 2.40 bits per heavy atom. The first-order chi connectivity index (χ1) is 7.14. The number of hydrogen-bond acceptors (Lipinski definition) is 4. The summed E-state index contributed by atoms with van der Waals surface area (Å²) in [5.74, 6) is 0.669. The minimum Gasteiger partial charge on any atom is -0.396 e. The van der Waals surface area contributed by atoms with Crippen LogP contribution in [0.2, 0.25) is 0 Å². The lowest BCUT2D eigenvalue weighted by Crippen LogP contribution is -2.37. The van der Waals surface area contributed by atoms with Gasteiger partial charge in [-0.25, -0.2) is 8.42 Å². The van der Waals surface area contributed by atoms with Gasteiger partial charge in [-0.3, -0.25) is 0 Å². The third-order valence-corrected chi connectivity index (χ3v) is 4.54. The second kappa shape index (κ2) is 6.45. The lowest BCUT2D eigenvalue weighted by Gasteiger charge is -2.23. The molecule has 0 bridgehead atoms. The van der Waals surface area contributed by atoms with Gasteiger partial charge in [-0.15, -0.1) is 0 Å². The van der Waals surface area contributed by atoms with E-state index >= 15 is 0 Å². The summed E-state index contributed by atoms with van der Waals surface area (Å²) in [6.45, 7) is 1.20. The fraction of sp³-hybridized carbons (Fsp3) is 1.00. The van der Waals surface area contributed by atoms with Gasteiger partial charge in [0, 0.05) is 12.6 Å². The van der Waals surface area contributed by atoms with Crippen molar-refractivity contribution in [3.05, 3.63) is 0 Å². The lowest BCUT2D eigenvalue weighted by atomic mass is 10.1. The first kappa shape index (κ1) is 12.9. The summed E-state index contributed by atoms with van der Waals surface area (Å²) < 4.78 is 22.3. The minimum atomic E-state index is -2.73. The summed E-state index contributed by atoms with van der Waals surface area (Å²) >= 11 is 0. The summed E-state index contributed by atoms with van der Waals surface area (Å²) in [6, 6.07) is 0.377. The van der Waals surface area contributed by atoms with Crippen molar-refractivity contribution in [3.8, 4) is 0 Å². The number of hydrogen-bond donors (Lipinski definition) is 2. The minimum absolute atomic E-state index is 0.266. The second-order valence-corrected chi connectivity index (χ2v) is 6.47. The van der Waals surface area contributed by atoms with Gasteiger partial charge < -0.3 is 10.4 Å². The van der Waals surface area contributed by atoms with Crippen molar-refractivity contribution in [1.29, 1.82) is 0 Å². The molecule has 1 aliphatic heterocycles. The monoisotopic (exact) mass is 235 g/mol. The summed E-state index contributed by atoms with van der Waals surface area (Å²) in [6.07, 6.45) is 4.46. The Morgan fingerprint density at radius 1 is 1.13 bits per heavy atom. The Kier molecular flexibility index (Phi) is 5.56. The predicted molar refractivity (Wildman–Crippen MR) is 60.6 cm³/mol. The number of rotatable bonds is 6. The van der Waals surface area contributed by atoms with Crippen LogP contribution < -0.4 is 5.32 Å². The highest BCUT2D eigenvalue weighted by Gasteiger charge is 2.22. The molecule has 90 valence electrons. The molecule has 1 saturated heterocycles. The maximum absolute atomic E-state index is 11.2. The van der Waals surface area contributed by atoms with Gasteiger partial charge in [-0.1, -0.05) is 0 Å². The average molecular weight is 235 g/mol. The van der Waals surface area contributed by atoms with Crippen LogP contribution in [0.4, 0.5) is 0 Å². The van der Waals surface area contributed by atoms with E-state index in [2.05, 4.69) is 5.32 Å². The zero-order valence-electron chi connectivity index (χ0n) is 9.11. The van der Waals surface area contributed by atoms with E-state index in [-0.39, 0.29) is 6.61 Å². The number of nitrogens with one attached hydrogen (secondary N) is 1. The van der Waals surface area contributed by atoms with E-state index in [1.807, 2.05) is 0 Å². The quantitative estimate of drug-likeness (QED) is 0.651. The molecule has 1 fully saturated rings. The Balaban J connectivity index is 2.04. The smallest absolute Gasteiger partial charge is 0.150 e. The molecule has 0 aromatic heterocycles. The molecule has 0 aromatic rings. The topological polar surface area (TPSA) is 66.4 Å². The van der Waals surface area contributed by atoms with Gasteiger partial charge in [0.05, 0.1) is 11.5 Å². The largest absolute Gasteiger partial charge is 0.396 e. The highest BCUT2D eigenvalue weighted by Crippen LogP contribution is 2.12.